The van der Waals surface area contributed by atoms with E-state index in [-0.39, 0.29) is 18.2 Å². The minimum Gasteiger partial charge on any atom is -0.340 e. The molecule has 1 aliphatic rings. The summed E-state index contributed by atoms with van der Waals surface area (Å²) in [6.45, 7) is 2.22. The second kappa shape index (κ2) is 7.00. The third kappa shape index (κ3) is 3.73. The summed E-state index contributed by atoms with van der Waals surface area (Å²) in [5.41, 5.74) is 0.650. The Kier molecular flexibility index (Phi) is 4.80. The Morgan fingerprint density at radius 1 is 1.38 bits per heavy atom. The molecule has 2 heterocycles. The number of likely N-dealkylation sites (tertiary alicyclic amines) is 1. The van der Waals surface area contributed by atoms with Crippen LogP contribution in [0.5, 0.6) is 0 Å². The molecular weight excluding hydrogens is 332 g/mol. The van der Waals surface area contributed by atoms with Crippen molar-refractivity contribution in [1.82, 2.24) is 15.0 Å². The quantitative estimate of drug-likeness (QED) is 0.915. The van der Waals surface area contributed by atoms with Crippen LogP contribution in [-0.2, 0) is 16.0 Å². The third-order valence-electron chi connectivity index (χ3n) is 3.87. The van der Waals surface area contributed by atoms with Crippen molar-refractivity contribution in [3.63, 3.8) is 0 Å². The van der Waals surface area contributed by atoms with Crippen LogP contribution >= 0.6 is 11.6 Å². The molecule has 0 saturated carbocycles. The number of halogens is 1. The number of hydrogen-bond donors (Lipinski definition) is 1. The van der Waals surface area contributed by atoms with Crippen LogP contribution in [0.4, 0.5) is 5.69 Å². The van der Waals surface area contributed by atoms with E-state index in [1.807, 2.05) is 0 Å². The van der Waals surface area contributed by atoms with E-state index >= 15 is 0 Å². The van der Waals surface area contributed by atoms with Gasteiger partial charge in [0.1, 0.15) is 6.04 Å². The number of amides is 2. The fourth-order valence-corrected chi connectivity index (χ4v) is 2.87. The first kappa shape index (κ1) is 16.4. The molecule has 2 amide bonds. The van der Waals surface area contributed by atoms with Gasteiger partial charge >= 0.3 is 0 Å². The molecule has 8 heteroatoms. The van der Waals surface area contributed by atoms with Gasteiger partial charge < -0.3 is 14.7 Å². The highest BCUT2D eigenvalue weighted by Crippen LogP contribution is 2.21. The van der Waals surface area contributed by atoms with Gasteiger partial charge in [-0.05, 0) is 37.1 Å². The summed E-state index contributed by atoms with van der Waals surface area (Å²) < 4.78 is 4.87. The van der Waals surface area contributed by atoms with E-state index in [4.69, 9.17) is 16.1 Å². The lowest BCUT2D eigenvalue weighted by Gasteiger charge is -2.23. The first-order valence-electron chi connectivity index (χ1n) is 7.68. The zero-order valence-corrected chi connectivity index (χ0v) is 13.9. The first-order chi connectivity index (χ1) is 11.5. The number of carbonyl (C=O) groups excluding carboxylic acids is 2. The Bertz CT molecular complexity index is 744. The molecule has 2 aromatic rings. The highest BCUT2D eigenvalue weighted by Gasteiger charge is 2.34. The second-order valence-electron chi connectivity index (χ2n) is 5.65. The van der Waals surface area contributed by atoms with E-state index in [2.05, 4.69) is 15.5 Å². The van der Waals surface area contributed by atoms with Crippen molar-refractivity contribution in [2.45, 2.75) is 32.2 Å². The maximum absolute atomic E-state index is 12.5. The number of nitrogens with zero attached hydrogens (tertiary/aromatic N) is 3. The fraction of sp³-hybridized carbons (Fsp3) is 0.375. The molecule has 0 bridgehead atoms. The zero-order valence-electron chi connectivity index (χ0n) is 13.2. The molecule has 24 heavy (non-hydrogen) atoms. The van der Waals surface area contributed by atoms with Gasteiger partial charge in [0.25, 0.3) is 0 Å². The Morgan fingerprint density at radius 2 is 2.12 bits per heavy atom. The van der Waals surface area contributed by atoms with Gasteiger partial charge in [-0.2, -0.15) is 4.98 Å². The predicted molar refractivity (Wildman–Crippen MR) is 87.6 cm³/mol. The molecule has 1 unspecified atom stereocenters. The van der Waals surface area contributed by atoms with Gasteiger partial charge in [0.2, 0.25) is 17.7 Å². The lowest BCUT2D eigenvalue weighted by Crippen LogP contribution is -2.43. The Hall–Kier alpha value is -2.41. The molecule has 0 radical (unpaired) electrons. The van der Waals surface area contributed by atoms with E-state index in [1.165, 1.54) is 0 Å². The largest absolute Gasteiger partial charge is 0.340 e. The summed E-state index contributed by atoms with van der Waals surface area (Å²) >= 11 is 5.83. The highest BCUT2D eigenvalue weighted by molar-refractivity contribution is 6.30. The van der Waals surface area contributed by atoms with Gasteiger partial charge in [0, 0.05) is 24.2 Å². The summed E-state index contributed by atoms with van der Waals surface area (Å²) in [7, 11) is 0. The van der Waals surface area contributed by atoms with Crippen molar-refractivity contribution in [2.24, 2.45) is 0 Å². The van der Waals surface area contributed by atoms with Crippen molar-refractivity contribution in [2.75, 3.05) is 11.9 Å². The smallest absolute Gasteiger partial charge is 0.247 e. The average molecular weight is 349 g/mol. The van der Waals surface area contributed by atoms with Gasteiger partial charge in [-0.15, -0.1) is 0 Å². The highest BCUT2D eigenvalue weighted by atomic mass is 35.5. The number of aromatic nitrogens is 2. The van der Waals surface area contributed by atoms with Crippen LogP contribution in [0.3, 0.4) is 0 Å². The van der Waals surface area contributed by atoms with E-state index in [9.17, 15) is 9.59 Å². The molecule has 0 spiro atoms. The molecule has 1 aliphatic heterocycles. The molecule has 1 atom stereocenters. The SMILES string of the molecule is Cc1nc(CC(=O)N2CCCC2C(=O)Nc2ccc(Cl)cc2)no1. The predicted octanol–water partition coefficient (Wildman–Crippen LogP) is 2.20. The number of nitrogens with one attached hydrogen (secondary N) is 1. The van der Waals surface area contributed by atoms with Gasteiger partial charge in [0.05, 0.1) is 6.42 Å². The van der Waals surface area contributed by atoms with Crippen molar-refractivity contribution >= 4 is 29.1 Å². The van der Waals surface area contributed by atoms with Crippen LogP contribution in [0.25, 0.3) is 0 Å². The second-order valence-corrected chi connectivity index (χ2v) is 6.08. The van der Waals surface area contributed by atoms with Crippen LogP contribution < -0.4 is 5.32 Å². The summed E-state index contributed by atoms with van der Waals surface area (Å²) in [5, 5.41) is 7.15. The fourth-order valence-electron chi connectivity index (χ4n) is 2.75. The monoisotopic (exact) mass is 348 g/mol. The lowest BCUT2D eigenvalue weighted by molar-refractivity contribution is -0.136. The van der Waals surface area contributed by atoms with Crippen LogP contribution in [0.2, 0.25) is 5.02 Å². The molecular formula is C16H17ClN4O3. The van der Waals surface area contributed by atoms with Crippen LogP contribution in [0.15, 0.2) is 28.8 Å². The van der Waals surface area contributed by atoms with E-state index in [0.717, 1.165) is 6.42 Å². The molecule has 0 aliphatic carbocycles. The van der Waals surface area contributed by atoms with Gasteiger partial charge in [0.15, 0.2) is 5.82 Å². The molecule has 3 rings (SSSR count). The van der Waals surface area contributed by atoms with Crippen molar-refractivity contribution in [3.8, 4) is 0 Å². The van der Waals surface area contributed by atoms with Gasteiger partial charge in [-0.25, -0.2) is 0 Å². The molecule has 126 valence electrons. The molecule has 1 fully saturated rings. The van der Waals surface area contributed by atoms with Crippen molar-refractivity contribution in [3.05, 3.63) is 41.0 Å². The number of rotatable bonds is 4. The average Bonchev–Trinajstić information content (AvgIpc) is 3.18. The summed E-state index contributed by atoms with van der Waals surface area (Å²) in [4.78, 5) is 30.5. The summed E-state index contributed by atoms with van der Waals surface area (Å²) in [6, 6.07) is 6.37. The zero-order chi connectivity index (χ0) is 17.1. The minimum atomic E-state index is -0.485. The van der Waals surface area contributed by atoms with Crippen molar-refractivity contribution in [1.29, 1.82) is 0 Å². The Balaban J connectivity index is 1.64. The third-order valence-corrected chi connectivity index (χ3v) is 4.12. The van der Waals surface area contributed by atoms with E-state index in [1.54, 1.807) is 36.1 Å². The van der Waals surface area contributed by atoms with Crippen molar-refractivity contribution < 1.29 is 14.1 Å². The number of benzene rings is 1. The Morgan fingerprint density at radius 3 is 2.79 bits per heavy atom. The number of hydrogen-bond acceptors (Lipinski definition) is 5. The summed E-state index contributed by atoms with van der Waals surface area (Å²) in [5.74, 6) is 0.370. The summed E-state index contributed by atoms with van der Waals surface area (Å²) in [6.07, 6.45) is 1.45. The topological polar surface area (TPSA) is 88.3 Å². The number of anilines is 1. The maximum Gasteiger partial charge on any atom is 0.247 e. The van der Waals surface area contributed by atoms with E-state index < -0.39 is 6.04 Å². The lowest BCUT2D eigenvalue weighted by atomic mass is 10.2. The van der Waals surface area contributed by atoms with Crippen LogP contribution in [0, 0.1) is 6.92 Å². The molecule has 1 aromatic heterocycles. The Labute approximate surface area is 144 Å². The van der Waals surface area contributed by atoms with Crippen LogP contribution in [-0.4, -0.2) is 39.4 Å². The molecule has 7 nitrogen and oxygen atoms in total. The molecule has 1 saturated heterocycles. The maximum atomic E-state index is 12.5. The number of carbonyl (C=O) groups is 2. The van der Waals surface area contributed by atoms with Gasteiger partial charge in [-0.1, -0.05) is 16.8 Å². The molecule has 1 aromatic carbocycles. The molecule has 1 N–H and O–H groups in total. The number of aryl methyl sites for hydroxylation is 1. The van der Waals surface area contributed by atoms with Gasteiger partial charge in [-0.3, -0.25) is 9.59 Å². The van der Waals surface area contributed by atoms with E-state index in [0.29, 0.717) is 35.4 Å². The van der Waals surface area contributed by atoms with Crippen LogP contribution in [0.1, 0.15) is 24.6 Å². The normalized spacial score (nSPS) is 17.1. The first-order valence-corrected chi connectivity index (χ1v) is 8.06. The minimum absolute atomic E-state index is 0.0298. The standard InChI is InChI=1S/C16H17ClN4O3/c1-10-18-14(20-24-10)9-15(22)21-8-2-3-13(21)16(23)19-12-6-4-11(17)5-7-12/h4-7,13H,2-3,8-9H2,1H3,(H,19,23).